The molecule has 0 saturated carbocycles. The average molecular weight is 463 g/mol. The SMILES string of the molecule is Cc1ccc(S(=O)(=O)CCC(=O)N2CCC(Oc3nc4c(F)cccc4s3)CC2)cc1. The number of hydrogen-bond acceptors (Lipinski definition) is 6. The Labute approximate surface area is 184 Å². The Bertz CT molecular complexity index is 1180. The summed E-state index contributed by atoms with van der Waals surface area (Å²) < 4.78 is 45.4. The van der Waals surface area contributed by atoms with Gasteiger partial charge in [0.2, 0.25) is 5.91 Å². The first-order chi connectivity index (χ1) is 14.8. The van der Waals surface area contributed by atoms with Crippen LogP contribution in [0.15, 0.2) is 47.4 Å². The highest BCUT2D eigenvalue weighted by atomic mass is 32.2. The van der Waals surface area contributed by atoms with Crippen molar-refractivity contribution in [3.05, 3.63) is 53.8 Å². The molecule has 2 heterocycles. The molecule has 0 spiro atoms. The molecule has 1 fully saturated rings. The second kappa shape index (κ2) is 8.92. The van der Waals surface area contributed by atoms with Crippen molar-refractivity contribution < 1.29 is 22.3 Å². The number of nitrogens with zero attached hydrogens (tertiary/aromatic N) is 2. The van der Waals surface area contributed by atoms with Gasteiger partial charge in [0.1, 0.15) is 17.4 Å². The number of ether oxygens (including phenoxy) is 1. The number of hydrogen-bond donors (Lipinski definition) is 0. The summed E-state index contributed by atoms with van der Waals surface area (Å²) in [5.41, 5.74) is 1.29. The van der Waals surface area contributed by atoms with Gasteiger partial charge in [-0.2, -0.15) is 4.98 Å². The Hall–Kier alpha value is -2.52. The molecule has 31 heavy (non-hydrogen) atoms. The van der Waals surface area contributed by atoms with Crippen molar-refractivity contribution in [3.63, 3.8) is 0 Å². The average Bonchev–Trinajstić information content (AvgIpc) is 3.17. The number of carbonyl (C=O) groups excluding carboxylic acids is 1. The van der Waals surface area contributed by atoms with Gasteiger partial charge < -0.3 is 9.64 Å². The van der Waals surface area contributed by atoms with Gasteiger partial charge in [0.25, 0.3) is 5.19 Å². The van der Waals surface area contributed by atoms with E-state index in [-0.39, 0.29) is 34.9 Å². The number of likely N-dealkylation sites (tertiary alicyclic amines) is 1. The van der Waals surface area contributed by atoms with Gasteiger partial charge in [0.15, 0.2) is 9.84 Å². The van der Waals surface area contributed by atoms with Gasteiger partial charge in [-0.05, 0) is 31.2 Å². The summed E-state index contributed by atoms with van der Waals surface area (Å²) in [5, 5.41) is 0.425. The van der Waals surface area contributed by atoms with E-state index < -0.39 is 9.84 Å². The topological polar surface area (TPSA) is 76.6 Å². The van der Waals surface area contributed by atoms with E-state index in [0.717, 1.165) is 10.3 Å². The number of aryl methyl sites for hydroxylation is 1. The molecule has 0 atom stereocenters. The summed E-state index contributed by atoms with van der Waals surface area (Å²) in [5.74, 6) is -0.747. The lowest BCUT2D eigenvalue weighted by Crippen LogP contribution is -2.42. The second-order valence-electron chi connectivity index (χ2n) is 7.65. The van der Waals surface area contributed by atoms with Crippen LogP contribution in [-0.2, 0) is 14.6 Å². The van der Waals surface area contributed by atoms with Crippen LogP contribution >= 0.6 is 11.3 Å². The fourth-order valence-corrected chi connectivity index (χ4v) is 5.68. The highest BCUT2D eigenvalue weighted by molar-refractivity contribution is 7.91. The number of sulfone groups is 1. The zero-order valence-electron chi connectivity index (χ0n) is 17.1. The van der Waals surface area contributed by atoms with Crippen LogP contribution in [-0.4, -0.2) is 49.2 Å². The predicted molar refractivity (Wildman–Crippen MR) is 118 cm³/mol. The van der Waals surface area contributed by atoms with Crippen molar-refractivity contribution in [2.24, 2.45) is 0 Å². The van der Waals surface area contributed by atoms with Crippen molar-refractivity contribution in [2.75, 3.05) is 18.8 Å². The zero-order chi connectivity index (χ0) is 22.0. The number of piperidine rings is 1. The van der Waals surface area contributed by atoms with Gasteiger partial charge in [-0.3, -0.25) is 4.79 Å². The number of amides is 1. The Morgan fingerprint density at radius 1 is 1.19 bits per heavy atom. The molecule has 0 bridgehead atoms. The Morgan fingerprint density at radius 2 is 1.90 bits per heavy atom. The summed E-state index contributed by atoms with van der Waals surface area (Å²) in [6.45, 7) is 2.88. The van der Waals surface area contributed by atoms with Gasteiger partial charge in [-0.25, -0.2) is 12.8 Å². The Morgan fingerprint density at radius 3 is 2.58 bits per heavy atom. The largest absolute Gasteiger partial charge is 0.467 e. The molecular formula is C22H23FN2O4S2. The molecule has 1 aliphatic heterocycles. The second-order valence-corrected chi connectivity index (χ2v) is 10.7. The van der Waals surface area contributed by atoms with Gasteiger partial charge in [-0.15, -0.1) is 0 Å². The smallest absolute Gasteiger partial charge is 0.274 e. The molecule has 0 aliphatic carbocycles. The molecule has 4 rings (SSSR count). The van der Waals surface area contributed by atoms with Crippen molar-refractivity contribution in [1.82, 2.24) is 9.88 Å². The summed E-state index contributed by atoms with van der Waals surface area (Å²) in [4.78, 5) is 18.7. The van der Waals surface area contributed by atoms with Crippen molar-refractivity contribution in [2.45, 2.75) is 37.2 Å². The van der Waals surface area contributed by atoms with Crippen LogP contribution < -0.4 is 4.74 Å². The van der Waals surface area contributed by atoms with Crippen molar-refractivity contribution in [1.29, 1.82) is 0 Å². The van der Waals surface area contributed by atoms with Gasteiger partial charge in [-0.1, -0.05) is 35.1 Å². The lowest BCUT2D eigenvalue weighted by Gasteiger charge is -2.31. The third-order valence-corrected chi connectivity index (χ3v) is 8.02. The standard InChI is InChI=1S/C22H23FN2O4S2/c1-15-5-7-17(8-6-15)31(27,28)14-11-20(26)25-12-9-16(10-13-25)29-22-24-21-18(23)3-2-4-19(21)30-22/h2-8,16H,9-14H2,1H3. The summed E-state index contributed by atoms with van der Waals surface area (Å²) >= 11 is 1.30. The minimum Gasteiger partial charge on any atom is -0.467 e. The normalized spacial score (nSPS) is 15.4. The highest BCUT2D eigenvalue weighted by Crippen LogP contribution is 2.31. The number of para-hydroxylation sites is 1. The first kappa shape index (κ1) is 21.7. The Kier molecular flexibility index (Phi) is 6.24. The van der Waals surface area contributed by atoms with E-state index in [4.69, 9.17) is 4.74 Å². The molecule has 0 unspecified atom stereocenters. The Balaban J connectivity index is 1.28. The van der Waals surface area contributed by atoms with E-state index >= 15 is 0 Å². The number of aromatic nitrogens is 1. The van der Waals surface area contributed by atoms with Crippen molar-refractivity contribution >= 4 is 37.3 Å². The number of rotatable bonds is 6. The van der Waals surface area contributed by atoms with E-state index in [0.29, 0.717) is 36.6 Å². The molecule has 0 radical (unpaired) electrons. The van der Waals surface area contributed by atoms with Crippen LogP contribution in [0.1, 0.15) is 24.8 Å². The van der Waals surface area contributed by atoms with E-state index in [1.807, 2.05) is 6.92 Å². The van der Waals surface area contributed by atoms with E-state index in [1.165, 1.54) is 17.4 Å². The minimum absolute atomic E-state index is 0.0428. The van der Waals surface area contributed by atoms with Crippen LogP contribution in [0.5, 0.6) is 5.19 Å². The molecule has 1 aliphatic rings. The summed E-state index contributed by atoms with van der Waals surface area (Å²) in [6, 6.07) is 11.5. The maximum absolute atomic E-state index is 13.8. The summed E-state index contributed by atoms with van der Waals surface area (Å²) in [6.07, 6.45) is 1.09. The maximum Gasteiger partial charge on any atom is 0.274 e. The predicted octanol–water partition coefficient (Wildman–Crippen LogP) is 3.98. The number of thiazole rings is 1. The fourth-order valence-electron chi connectivity index (χ4n) is 3.55. The minimum atomic E-state index is -3.49. The van der Waals surface area contributed by atoms with Crippen LogP contribution in [0.2, 0.25) is 0 Å². The monoisotopic (exact) mass is 462 g/mol. The molecule has 0 N–H and O–H groups in total. The van der Waals surface area contributed by atoms with Crippen LogP contribution in [0, 0.1) is 12.7 Å². The first-order valence-corrected chi connectivity index (χ1v) is 12.6. The first-order valence-electron chi connectivity index (χ1n) is 10.1. The zero-order valence-corrected chi connectivity index (χ0v) is 18.7. The van der Waals surface area contributed by atoms with Crippen LogP contribution in [0.3, 0.4) is 0 Å². The number of benzene rings is 2. The third-order valence-electron chi connectivity index (χ3n) is 5.38. The fraction of sp³-hybridized carbons (Fsp3) is 0.364. The molecule has 3 aromatic rings. The van der Waals surface area contributed by atoms with E-state index in [9.17, 15) is 17.6 Å². The number of halogens is 1. The van der Waals surface area contributed by atoms with Gasteiger partial charge in [0, 0.05) is 32.4 Å². The maximum atomic E-state index is 13.8. The molecule has 1 amide bonds. The molecule has 1 saturated heterocycles. The highest BCUT2D eigenvalue weighted by Gasteiger charge is 2.26. The summed E-state index contributed by atoms with van der Waals surface area (Å²) in [7, 11) is -3.49. The molecule has 9 heteroatoms. The van der Waals surface area contributed by atoms with Crippen LogP contribution in [0.4, 0.5) is 4.39 Å². The van der Waals surface area contributed by atoms with Crippen molar-refractivity contribution in [3.8, 4) is 5.19 Å². The molecule has 1 aromatic heterocycles. The van der Waals surface area contributed by atoms with Gasteiger partial charge >= 0.3 is 0 Å². The number of carbonyl (C=O) groups is 1. The number of fused-ring (bicyclic) bond motifs is 1. The molecular weight excluding hydrogens is 439 g/mol. The van der Waals surface area contributed by atoms with E-state index in [2.05, 4.69) is 4.98 Å². The quantitative estimate of drug-likeness (QED) is 0.554. The lowest BCUT2D eigenvalue weighted by atomic mass is 10.1. The van der Waals surface area contributed by atoms with E-state index in [1.54, 1.807) is 41.3 Å². The molecule has 164 valence electrons. The molecule has 6 nitrogen and oxygen atoms in total. The van der Waals surface area contributed by atoms with Crippen LogP contribution in [0.25, 0.3) is 10.2 Å². The van der Waals surface area contributed by atoms with Gasteiger partial charge in [0.05, 0.1) is 15.3 Å². The third kappa shape index (κ3) is 5.04. The molecule has 2 aromatic carbocycles. The lowest BCUT2D eigenvalue weighted by molar-refractivity contribution is -0.132.